The molecule has 0 saturated heterocycles. The highest BCUT2D eigenvalue weighted by molar-refractivity contribution is 14.1. The number of rotatable bonds is 6. The van der Waals surface area contributed by atoms with Gasteiger partial charge in [-0.25, -0.2) is 0 Å². The maximum Gasteiger partial charge on any atom is 0.0928 e. The topological polar surface area (TPSA) is 9.23 Å². The zero-order chi connectivity index (χ0) is 11.4. The lowest BCUT2D eigenvalue weighted by molar-refractivity contribution is 0.0666. The highest BCUT2D eigenvalue weighted by atomic mass is 127. The zero-order valence-electron chi connectivity index (χ0n) is 9.16. The minimum absolute atomic E-state index is 0.146. The fraction of sp³-hybridized carbons (Fsp3) is 0.538. The van der Waals surface area contributed by atoms with E-state index in [1.54, 1.807) is 0 Å². The third-order valence-electron chi connectivity index (χ3n) is 2.93. The van der Waals surface area contributed by atoms with Gasteiger partial charge in [0.1, 0.15) is 0 Å². The molecule has 1 unspecified atom stereocenters. The highest BCUT2D eigenvalue weighted by Crippen LogP contribution is 2.33. The summed E-state index contributed by atoms with van der Waals surface area (Å²) in [5, 5.41) is 0.815. The largest absolute Gasteiger partial charge is 0.373 e. The first-order chi connectivity index (χ1) is 7.81. The molecular weight excluding hydrogens is 334 g/mol. The maximum atomic E-state index is 6.17. The minimum Gasteiger partial charge on any atom is -0.373 e. The molecule has 1 aliphatic rings. The van der Waals surface area contributed by atoms with Crippen LogP contribution in [0.5, 0.6) is 0 Å². The summed E-state index contributed by atoms with van der Waals surface area (Å²) >= 11 is 8.53. The van der Waals surface area contributed by atoms with E-state index in [4.69, 9.17) is 16.3 Å². The molecule has 0 aliphatic heterocycles. The van der Waals surface area contributed by atoms with Gasteiger partial charge in [0.05, 0.1) is 6.10 Å². The molecule has 1 aromatic carbocycles. The average molecular weight is 351 g/mol. The summed E-state index contributed by atoms with van der Waals surface area (Å²) in [7, 11) is 0. The van der Waals surface area contributed by atoms with E-state index in [0.717, 1.165) is 27.5 Å². The number of alkyl halides is 1. The van der Waals surface area contributed by atoms with Crippen molar-refractivity contribution >= 4 is 34.2 Å². The van der Waals surface area contributed by atoms with Crippen molar-refractivity contribution in [3.8, 4) is 0 Å². The number of hydrogen-bond acceptors (Lipinski definition) is 1. The molecule has 1 fully saturated rings. The Balaban J connectivity index is 1.90. The Bertz CT molecular complexity index is 338. The van der Waals surface area contributed by atoms with Crippen molar-refractivity contribution in [3.05, 3.63) is 34.9 Å². The molecule has 0 N–H and O–H groups in total. The Morgan fingerprint density at radius 2 is 2.12 bits per heavy atom. The Morgan fingerprint density at radius 3 is 2.75 bits per heavy atom. The van der Waals surface area contributed by atoms with Crippen LogP contribution in [-0.4, -0.2) is 11.0 Å². The predicted octanol–water partition coefficient (Wildman–Crippen LogP) is 4.63. The fourth-order valence-electron chi connectivity index (χ4n) is 1.74. The zero-order valence-corrected chi connectivity index (χ0v) is 12.1. The number of halogens is 2. The van der Waals surface area contributed by atoms with Crippen molar-refractivity contribution in [2.24, 2.45) is 5.92 Å². The van der Waals surface area contributed by atoms with Crippen LogP contribution in [0.1, 0.15) is 30.9 Å². The summed E-state index contributed by atoms with van der Waals surface area (Å²) in [6.07, 6.45) is 4.14. The molecule has 0 heterocycles. The van der Waals surface area contributed by atoms with Crippen LogP contribution in [0.25, 0.3) is 0 Å². The van der Waals surface area contributed by atoms with Gasteiger partial charge in [-0.2, -0.15) is 0 Å². The van der Waals surface area contributed by atoms with Crippen LogP contribution >= 0.6 is 34.2 Å². The SMILES string of the molecule is Clc1ccccc1C(CI)OCCC1CC1. The lowest BCUT2D eigenvalue weighted by Gasteiger charge is -2.17. The van der Waals surface area contributed by atoms with Gasteiger partial charge in [0.25, 0.3) is 0 Å². The first-order valence-electron chi connectivity index (χ1n) is 5.73. The van der Waals surface area contributed by atoms with Crippen molar-refractivity contribution in [1.82, 2.24) is 0 Å². The second kappa shape index (κ2) is 6.22. The molecule has 1 aliphatic carbocycles. The number of benzene rings is 1. The third kappa shape index (κ3) is 3.60. The second-order valence-electron chi connectivity index (χ2n) is 4.27. The van der Waals surface area contributed by atoms with Crippen LogP contribution in [0.4, 0.5) is 0 Å². The van der Waals surface area contributed by atoms with Gasteiger partial charge in [-0.3, -0.25) is 0 Å². The predicted molar refractivity (Wildman–Crippen MR) is 76.4 cm³/mol. The summed E-state index contributed by atoms with van der Waals surface area (Å²) in [4.78, 5) is 0. The normalized spacial score (nSPS) is 17.4. The first-order valence-corrected chi connectivity index (χ1v) is 7.63. The van der Waals surface area contributed by atoms with Crippen molar-refractivity contribution in [2.75, 3.05) is 11.0 Å². The van der Waals surface area contributed by atoms with Gasteiger partial charge < -0.3 is 4.74 Å². The molecule has 0 radical (unpaired) electrons. The van der Waals surface area contributed by atoms with E-state index in [2.05, 4.69) is 28.7 Å². The molecule has 1 saturated carbocycles. The molecule has 0 amide bonds. The monoisotopic (exact) mass is 350 g/mol. The van der Waals surface area contributed by atoms with Gasteiger partial charge in [-0.05, 0) is 18.4 Å². The quantitative estimate of drug-likeness (QED) is 0.537. The molecule has 1 aromatic rings. The van der Waals surface area contributed by atoms with Crippen LogP contribution in [0.3, 0.4) is 0 Å². The van der Waals surface area contributed by atoms with Crippen molar-refractivity contribution in [3.63, 3.8) is 0 Å². The van der Waals surface area contributed by atoms with Gasteiger partial charge >= 0.3 is 0 Å². The number of hydrogen-bond donors (Lipinski definition) is 0. The second-order valence-corrected chi connectivity index (χ2v) is 5.56. The van der Waals surface area contributed by atoms with Crippen molar-refractivity contribution in [1.29, 1.82) is 0 Å². The summed E-state index contributed by atoms with van der Waals surface area (Å²) in [5.41, 5.74) is 1.12. The molecule has 3 heteroatoms. The Hall–Kier alpha value is 0.200. The molecular formula is C13H16ClIO. The lowest BCUT2D eigenvalue weighted by Crippen LogP contribution is -2.08. The summed E-state index contributed by atoms with van der Waals surface area (Å²) in [6.45, 7) is 0.865. The van der Waals surface area contributed by atoms with E-state index in [0.29, 0.717) is 0 Å². The first kappa shape index (κ1) is 12.7. The highest BCUT2D eigenvalue weighted by Gasteiger charge is 2.21. The Morgan fingerprint density at radius 1 is 1.38 bits per heavy atom. The van der Waals surface area contributed by atoms with E-state index in [-0.39, 0.29) is 6.10 Å². The van der Waals surface area contributed by atoms with Crippen LogP contribution in [0.2, 0.25) is 5.02 Å². The molecule has 0 aromatic heterocycles. The van der Waals surface area contributed by atoms with E-state index in [1.807, 2.05) is 18.2 Å². The minimum atomic E-state index is 0.146. The smallest absolute Gasteiger partial charge is 0.0928 e. The van der Waals surface area contributed by atoms with Crippen LogP contribution < -0.4 is 0 Å². The van der Waals surface area contributed by atoms with Crippen LogP contribution in [0.15, 0.2) is 24.3 Å². The van der Waals surface area contributed by atoms with Gasteiger partial charge in [0.2, 0.25) is 0 Å². The molecule has 1 atom stereocenters. The van der Waals surface area contributed by atoms with E-state index in [1.165, 1.54) is 19.3 Å². The molecule has 0 bridgehead atoms. The standard InChI is InChI=1S/C13H16ClIO/c14-12-4-2-1-3-11(12)13(9-15)16-8-7-10-5-6-10/h1-4,10,13H,5-9H2. The molecule has 16 heavy (non-hydrogen) atoms. The lowest BCUT2D eigenvalue weighted by atomic mass is 10.1. The van der Waals surface area contributed by atoms with Crippen LogP contribution in [0, 0.1) is 5.92 Å². The van der Waals surface area contributed by atoms with Gasteiger partial charge in [0.15, 0.2) is 0 Å². The van der Waals surface area contributed by atoms with E-state index < -0.39 is 0 Å². The Labute approximate surface area is 116 Å². The average Bonchev–Trinajstić information content (AvgIpc) is 3.10. The van der Waals surface area contributed by atoms with E-state index >= 15 is 0 Å². The molecule has 1 nitrogen and oxygen atoms in total. The van der Waals surface area contributed by atoms with Crippen molar-refractivity contribution in [2.45, 2.75) is 25.4 Å². The Kier molecular flexibility index (Phi) is 4.92. The van der Waals surface area contributed by atoms with Gasteiger partial charge in [-0.1, -0.05) is 65.2 Å². The summed E-state index contributed by atoms with van der Waals surface area (Å²) < 4.78 is 6.87. The van der Waals surface area contributed by atoms with Gasteiger partial charge in [-0.15, -0.1) is 0 Å². The third-order valence-corrected chi connectivity index (χ3v) is 4.08. The fourth-order valence-corrected chi connectivity index (χ4v) is 2.72. The molecule has 88 valence electrons. The maximum absolute atomic E-state index is 6.17. The number of ether oxygens (including phenoxy) is 1. The van der Waals surface area contributed by atoms with E-state index in [9.17, 15) is 0 Å². The van der Waals surface area contributed by atoms with Crippen LogP contribution in [-0.2, 0) is 4.74 Å². The molecule has 2 rings (SSSR count). The van der Waals surface area contributed by atoms with Crippen molar-refractivity contribution < 1.29 is 4.74 Å². The summed E-state index contributed by atoms with van der Waals surface area (Å²) in [5.74, 6) is 0.932. The van der Waals surface area contributed by atoms with Gasteiger partial charge in [0, 0.05) is 21.6 Å². The summed E-state index contributed by atoms with van der Waals surface area (Å²) in [6, 6.07) is 7.97. The molecule has 0 spiro atoms.